The minimum Gasteiger partial charge on any atom is -0.361 e. The lowest BCUT2D eigenvalue weighted by Gasteiger charge is -2.27. The van der Waals surface area contributed by atoms with E-state index in [-0.39, 0.29) is 10.6 Å². The smallest absolute Gasteiger partial charge is 0.279 e. The summed E-state index contributed by atoms with van der Waals surface area (Å²) in [5.74, 6) is 0.619. The van der Waals surface area contributed by atoms with Crippen molar-refractivity contribution in [1.29, 1.82) is 0 Å². The second-order valence-corrected chi connectivity index (χ2v) is 7.11. The molecule has 5 rings (SSSR count). The van der Waals surface area contributed by atoms with Crippen LogP contribution in [0, 0.1) is 10.1 Å². The Morgan fingerprint density at radius 2 is 2.10 bits per heavy atom. The van der Waals surface area contributed by atoms with Gasteiger partial charge in [-0.15, -0.1) is 0 Å². The second-order valence-electron chi connectivity index (χ2n) is 7.11. The molecule has 4 heterocycles. The first-order chi connectivity index (χ1) is 14.2. The summed E-state index contributed by atoms with van der Waals surface area (Å²) in [6.45, 7) is 2.14. The number of nitro groups is 1. The first kappa shape index (κ1) is 17.4. The molecule has 8 heteroatoms. The summed E-state index contributed by atoms with van der Waals surface area (Å²) < 4.78 is 0. The molecule has 0 bridgehead atoms. The third kappa shape index (κ3) is 3.23. The topological polar surface area (TPSA) is 101 Å². The van der Waals surface area contributed by atoms with Gasteiger partial charge in [0.05, 0.1) is 21.5 Å². The molecule has 0 atom stereocenters. The molecule has 0 unspecified atom stereocenters. The van der Waals surface area contributed by atoms with Crippen LogP contribution in [0.15, 0.2) is 55.0 Å². The summed E-state index contributed by atoms with van der Waals surface area (Å²) >= 11 is 0. The van der Waals surface area contributed by atoms with Crippen molar-refractivity contribution >= 4 is 16.6 Å². The van der Waals surface area contributed by atoms with E-state index in [1.807, 2.05) is 36.7 Å². The number of nitrogens with one attached hydrogen (secondary N) is 1. The average Bonchev–Trinajstić information content (AvgIpc) is 3.16. The molecule has 0 saturated carbocycles. The van der Waals surface area contributed by atoms with Crippen molar-refractivity contribution in [2.75, 3.05) is 6.54 Å². The number of aromatic nitrogens is 4. The van der Waals surface area contributed by atoms with Crippen molar-refractivity contribution in [3.05, 3.63) is 81.9 Å². The molecule has 3 aromatic heterocycles. The first-order valence-corrected chi connectivity index (χ1v) is 9.41. The number of non-ortho nitro benzene ring substituents is 1. The van der Waals surface area contributed by atoms with Crippen LogP contribution in [0.2, 0.25) is 0 Å². The van der Waals surface area contributed by atoms with Crippen LogP contribution in [0.25, 0.3) is 22.4 Å². The number of H-pyrrole nitrogens is 1. The van der Waals surface area contributed by atoms with E-state index in [1.165, 1.54) is 0 Å². The lowest BCUT2D eigenvalue weighted by Crippen LogP contribution is -2.31. The van der Waals surface area contributed by atoms with E-state index in [4.69, 9.17) is 4.98 Å². The Balaban J connectivity index is 1.43. The van der Waals surface area contributed by atoms with Crippen molar-refractivity contribution in [2.24, 2.45) is 0 Å². The second kappa shape index (κ2) is 7.06. The van der Waals surface area contributed by atoms with Gasteiger partial charge in [-0.3, -0.25) is 20.0 Å². The minimum atomic E-state index is -0.322. The highest BCUT2D eigenvalue weighted by molar-refractivity contribution is 5.91. The zero-order valence-electron chi connectivity index (χ0n) is 15.6. The minimum absolute atomic E-state index is 0.135. The standard InChI is InChI=1S/C21H18N6O2/c28-27(29)19-6-3-5-16-20(19)15(11-23-16)12-26-9-7-14-10-24-21(25-18(14)13-26)17-4-1-2-8-22-17/h1-6,8,10-11,23H,7,9,12-13H2. The fourth-order valence-corrected chi connectivity index (χ4v) is 3.86. The Morgan fingerprint density at radius 1 is 1.17 bits per heavy atom. The number of nitro benzene ring substituents is 1. The summed E-state index contributed by atoms with van der Waals surface area (Å²) in [4.78, 5) is 30.1. The van der Waals surface area contributed by atoms with Gasteiger partial charge >= 0.3 is 0 Å². The van der Waals surface area contributed by atoms with Crippen LogP contribution in [0.3, 0.4) is 0 Å². The average molecular weight is 386 g/mol. The maximum absolute atomic E-state index is 11.4. The highest BCUT2D eigenvalue weighted by Gasteiger charge is 2.22. The van der Waals surface area contributed by atoms with Crippen LogP contribution < -0.4 is 0 Å². The van der Waals surface area contributed by atoms with E-state index in [1.54, 1.807) is 18.3 Å². The maximum atomic E-state index is 11.4. The lowest BCUT2D eigenvalue weighted by molar-refractivity contribution is -0.383. The van der Waals surface area contributed by atoms with Crippen molar-refractivity contribution < 1.29 is 4.92 Å². The molecule has 0 aliphatic carbocycles. The normalized spacial score (nSPS) is 14.1. The van der Waals surface area contributed by atoms with E-state index in [0.29, 0.717) is 24.3 Å². The molecule has 0 fully saturated rings. The zero-order valence-corrected chi connectivity index (χ0v) is 15.6. The third-order valence-corrected chi connectivity index (χ3v) is 5.28. The quantitative estimate of drug-likeness (QED) is 0.426. The van der Waals surface area contributed by atoms with Crippen molar-refractivity contribution in [3.8, 4) is 11.5 Å². The van der Waals surface area contributed by atoms with Gasteiger partial charge in [0.2, 0.25) is 0 Å². The van der Waals surface area contributed by atoms with Gasteiger partial charge in [-0.25, -0.2) is 9.97 Å². The van der Waals surface area contributed by atoms with Crippen molar-refractivity contribution in [1.82, 2.24) is 24.8 Å². The van der Waals surface area contributed by atoms with Crippen LogP contribution in [-0.2, 0) is 19.5 Å². The maximum Gasteiger partial charge on any atom is 0.279 e. The number of hydrogen-bond acceptors (Lipinski definition) is 6. The number of benzene rings is 1. The molecule has 1 N–H and O–H groups in total. The Kier molecular flexibility index (Phi) is 4.25. The SMILES string of the molecule is O=[N+]([O-])c1cccc2[nH]cc(CN3CCc4cnc(-c5ccccn5)nc4C3)c12. The molecule has 0 saturated heterocycles. The Labute approximate surface area is 166 Å². The number of hydrogen-bond donors (Lipinski definition) is 1. The van der Waals surface area contributed by atoms with Gasteiger partial charge in [0.15, 0.2) is 5.82 Å². The molecule has 8 nitrogen and oxygen atoms in total. The van der Waals surface area contributed by atoms with E-state index in [9.17, 15) is 10.1 Å². The summed E-state index contributed by atoms with van der Waals surface area (Å²) in [5.41, 5.74) is 4.73. The molecule has 0 spiro atoms. The number of pyridine rings is 1. The molecule has 1 aromatic carbocycles. The molecule has 144 valence electrons. The number of aromatic amines is 1. The molecular weight excluding hydrogens is 368 g/mol. The highest BCUT2D eigenvalue weighted by Crippen LogP contribution is 2.30. The van der Waals surface area contributed by atoms with Crippen LogP contribution in [0.4, 0.5) is 5.69 Å². The van der Waals surface area contributed by atoms with Gasteiger partial charge in [-0.1, -0.05) is 12.1 Å². The Morgan fingerprint density at radius 3 is 2.93 bits per heavy atom. The fourth-order valence-electron chi connectivity index (χ4n) is 3.86. The Hall–Kier alpha value is -3.65. The number of nitrogens with zero attached hydrogens (tertiary/aromatic N) is 5. The largest absolute Gasteiger partial charge is 0.361 e. The van der Waals surface area contributed by atoms with E-state index < -0.39 is 0 Å². The highest BCUT2D eigenvalue weighted by atomic mass is 16.6. The van der Waals surface area contributed by atoms with E-state index >= 15 is 0 Å². The lowest BCUT2D eigenvalue weighted by atomic mass is 10.0. The summed E-state index contributed by atoms with van der Waals surface area (Å²) in [6.07, 6.45) is 6.34. The monoisotopic (exact) mass is 386 g/mol. The molecule has 4 aromatic rings. The molecule has 0 amide bonds. The van der Waals surface area contributed by atoms with Gasteiger partial charge in [0.1, 0.15) is 5.69 Å². The summed E-state index contributed by atoms with van der Waals surface area (Å²) in [5, 5.41) is 12.1. The predicted octanol–water partition coefficient (Wildman–Crippen LogP) is 3.49. The first-order valence-electron chi connectivity index (χ1n) is 9.41. The molecular formula is C21H18N6O2. The van der Waals surface area contributed by atoms with Crippen LogP contribution in [0.5, 0.6) is 0 Å². The van der Waals surface area contributed by atoms with Crippen LogP contribution in [0.1, 0.15) is 16.8 Å². The predicted molar refractivity (Wildman–Crippen MR) is 108 cm³/mol. The number of rotatable bonds is 4. The van der Waals surface area contributed by atoms with Crippen LogP contribution in [-0.4, -0.2) is 36.3 Å². The molecule has 1 aliphatic heterocycles. The van der Waals surface area contributed by atoms with Gasteiger partial charge in [-0.2, -0.15) is 0 Å². The van der Waals surface area contributed by atoms with Crippen molar-refractivity contribution in [3.63, 3.8) is 0 Å². The summed E-state index contributed by atoms with van der Waals surface area (Å²) in [7, 11) is 0. The number of fused-ring (bicyclic) bond motifs is 2. The van der Waals surface area contributed by atoms with Gasteiger partial charge in [0, 0.05) is 44.3 Å². The van der Waals surface area contributed by atoms with E-state index in [2.05, 4.69) is 19.9 Å². The third-order valence-electron chi connectivity index (χ3n) is 5.28. The van der Waals surface area contributed by atoms with Crippen molar-refractivity contribution in [2.45, 2.75) is 19.5 Å². The van der Waals surface area contributed by atoms with Gasteiger partial charge in [0.25, 0.3) is 5.69 Å². The molecule has 29 heavy (non-hydrogen) atoms. The summed E-state index contributed by atoms with van der Waals surface area (Å²) in [6, 6.07) is 10.8. The Bertz CT molecular complexity index is 1200. The zero-order chi connectivity index (χ0) is 19.8. The van der Waals surface area contributed by atoms with Crippen LogP contribution >= 0.6 is 0 Å². The molecule has 0 radical (unpaired) electrons. The van der Waals surface area contributed by atoms with Gasteiger partial charge < -0.3 is 4.98 Å². The molecule has 1 aliphatic rings. The van der Waals surface area contributed by atoms with Gasteiger partial charge in [-0.05, 0) is 35.7 Å². The fraction of sp³-hybridized carbons (Fsp3) is 0.190. The van der Waals surface area contributed by atoms with E-state index in [0.717, 1.165) is 41.0 Å².